The largest absolute Gasteiger partial charge is 0.502 e. The Bertz CT molecular complexity index is 3410. The van der Waals surface area contributed by atoms with Crippen LogP contribution in [0.1, 0.15) is 99.5 Å². The summed E-state index contributed by atoms with van der Waals surface area (Å²) in [5.74, 6) is 3.12. The molecule has 0 saturated heterocycles. The fourth-order valence-corrected chi connectivity index (χ4v) is 8.10. The molecule has 0 aliphatic rings. The molecule has 9 rings (SSSR count). The number of para-hydroxylation sites is 3. The summed E-state index contributed by atoms with van der Waals surface area (Å²) in [6.07, 6.45) is 7.15. The summed E-state index contributed by atoms with van der Waals surface area (Å²) < 4.78 is 36.4. The molecule has 6 N–H and O–H groups in total. The molecule has 3 aromatic heterocycles. The molecule has 6 aromatic carbocycles. The quantitative estimate of drug-likeness (QED) is 0.0388. The molecular formula is C70H80FIr3N6O11-3. The van der Waals surface area contributed by atoms with Gasteiger partial charge in [-0.25, -0.2) is 4.79 Å². The second kappa shape index (κ2) is 43.8. The van der Waals surface area contributed by atoms with Crippen molar-refractivity contribution in [3.8, 4) is 68.3 Å². The van der Waals surface area contributed by atoms with E-state index in [1.807, 2.05) is 113 Å². The van der Waals surface area contributed by atoms with Gasteiger partial charge in [0.25, 0.3) is 0 Å². The normalized spacial score (nSPS) is 12.0. The Kier molecular flexibility index (Phi) is 39.5. The van der Waals surface area contributed by atoms with Crippen LogP contribution in [-0.4, -0.2) is 110 Å². The number of aryl methyl sites for hydroxylation is 5. The predicted molar refractivity (Wildman–Crippen MR) is 337 cm³/mol. The molecule has 0 aliphatic carbocycles. The second-order valence-electron chi connectivity index (χ2n) is 20.5. The van der Waals surface area contributed by atoms with E-state index in [9.17, 15) is 9.18 Å². The van der Waals surface area contributed by atoms with Gasteiger partial charge < -0.3 is 64.5 Å². The van der Waals surface area contributed by atoms with E-state index in [1.54, 1.807) is 103 Å². The van der Waals surface area contributed by atoms with Crippen molar-refractivity contribution < 1.29 is 119 Å². The van der Waals surface area contributed by atoms with Crippen molar-refractivity contribution in [3.63, 3.8) is 0 Å². The van der Waals surface area contributed by atoms with Crippen LogP contribution in [-0.2, 0) is 65.1 Å². The molecule has 17 nitrogen and oxygen atoms in total. The zero-order valence-corrected chi connectivity index (χ0v) is 60.1. The number of ether oxygens (including phenoxy) is 4. The zero-order valence-electron chi connectivity index (χ0n) is 52.9. The number of rotatable bonds is 16. The van der Waals surface area contributed by atoms with Crippen LogP contribution in [0.15, 0.2) is 158 Å². The molecule has 493 valence electrons. The minimum absolute atomic E-state index is 0. The van der Waals surface area contributed by atoms with Crippen LogP contribution >= 0.6 is 0 Å². The van der Waals surface area contributed by atoms with Crippen LogP contribution in [0.25, 0.3) is 33.8 Å². The predicted octanol–water partition coefficient (Wildman–Crippen LogP) is 13.1. The van der Waals surface area contributed by atoms with Crippen LogP contribution in [0.3, 0.4) is 0 Å². The Balaban J connectivity index is 0.000000581. The van der Waals surface area contributed by atoms with Gasteiger partial charge in [0.1, 0.15) is 22.9 Å². The molecule has 3 heterocycles. The van der Waals surface area contributed by atoms with Gasteiger partial charge in [0.15, 0.2) is 0 Å². The maximum atomic E-state index is 14.3. The second-order valence-corrected chi connectivity index (χ2v) is 20.5. The van der Waals surface area contributed by atoms with E-state index in [-0.39, 0.29) is 103 Å². The SMILES string of the molecule is CC(O)CC(C)O.CC(O)CC(C)O.CC(O)CC(C)O.COC(=O)c1nccnc1-c1[c-]cc(Oc2ccccc2)cc1.Cc1[c-]c(-c2nccnc2C)cc(C)c1Oc1ccccc1.Cc1cnc(-c2[c-]cc(Oc3ccccc3)cc2F)c(C)n1.[Ir].[Ir].[Ir]. The third-order valence-corrected chi connectivity index (χ3v) is 11.8. The zero-order chi connectivity index (χ0) is 64.7. The molecule has 0 saturated carbocycles. The first-order chi connectivity index (χ1) is 41.9. The summed E-state index contributed by atoms with van der Waals surface area (Å²) in [6.45, 7) is 19.6. The first-order valence-electron chi connectivity index (χ1n) is 28.5. The topological polar surface area (TPSA) is 253 Å². The van der Waals surface area contributed by atoms with E-state index in [1.165, 1.54) is 25.6 Å². The number of aliphatic hydroxyl groups is 6. The summed E-state index contributed by atoms with van der Waals surface area (Å²) in [4.78, 5) is 37.2. The fourth-order valence-electron chi connectivity index (χ4n) is 8.10. The van der Waals surface area contributed by atoms with E-state index in [0.717, 1.165) is 51.0 Å². The number of halogens is 1. The number of aromatic nitrogens is 6. The molecule has 0 bridgehead atoms. The summed E-state index contributed by atoms with van der Waals surface area (Å²) in [6, 6.07) is 48.0. The van der Waals surface area contributed by atoms with Crippen LogP contribution < -0.4 is 14.2 Å². The standard InChI is InChI=1S/C19H17N2O.C18H14FN2O.C18H13N2O3.3C5H12O2.3Ir/c1-13-11-16(18-15(3)20-9-10-21-18)12-14(2)19(13)22-17-7-5-4-6-8-17;1-12-11-20-18(13(2)21-12)16-9-8-15(10-17(16)19)22-14-6-4-3-5-7-14;1-22-18(21)17-16(19-11-12-20-17)13-7-9-15(10-8-13)23-14-5-3-2-4-6-14;3*1-4(6)3-5(2)7;;;/h4-11H,1-3H3;3-8,10-11H,1-2H3;2-7,9-12H,1H3;3*4-7H,3H2,1-2H3;;;/q3*-1;;;;;;. The van der Waals surface area contributed by atoms with Gasteiger partial charge in [-0.3, -0.25) is 19.3 Å². The smallest absolute Gasteiger partial charge is 0.349 e. The number of carbonyl (C=O) groups is 1. The summed E-state index contributed by atoms with van der Waals surface area (Å²) >= 11 is 0. The van der Waals surface area contributed by atoms with E-state index >= 15 is 0 Å². The van der Waals surface area contributed by atoms with Crippen molar-refractivity contribution in [2.24, 2.45) is 0 Å². The number of benzene rings is 6. The molecular weight excluding hydrogens is 1700 g/mol. The third-order valence-electron chi connectivity index (χ3n) is 11.8. The minimum atomic E-state index is -0.536. The average molecular weight is 1780 g/mol. The van der Waals surface area contributed by atoms with E-state index in [2.05, 4.69) is 48.1 Å². The summed E-state index contributed by atoms with van der Waals surface area (Å²) in [5.41, 5.74) is 8.20. The Morgan fingerprint density at radius 2 is 0.945 bits per heavy atom. The molecule has 0 amide bonds. The van der Waals surface area contributed by atoms with Crippen LogP contribution in [0.4, 0.5) is 4.39 Å². The Morgan fingerprint density at radius 1 is 0.495 bits per heavy atom. The molecule has 0 aliphatic heterocycles. The van der Waals surface area contributed by atoms with Gasteiger partial charge in [0, 0.05) is 143 Å². The van der Waals surface area contributed by atoms with Crippen molar-refractivity contribution in [1.82, 2.24) is 29.9 Å². The van der Waals surface area contributed by atoms with Crippen molar-refractivity contribution in [2.75, 3.05) is 7.11 Å². The molecule has 3 radical (unpaired) electrons. The van der Waals surface area contributed by atoms with Crippen molar-refractivity contribution >= 4 is 5.97 Å². The fraction of sp³-hybridized carbons (Fsp3) is 0.300. The number of methoxy groups -OCH3 is 1. The number of aliphatic hydroxyl groups excluding tert-OH is 6. The molecule has 21 heteroatoms. The Hall–Kier alpha value is -6.93. The molecule has 6 unspecified atom stereocenters. The van der Waals surface area contributed by atoms with Crippen LogP contribution in [0.2, 0.25) is 0 Å². The number of nitrogens with zero attached hydrogens (tertiary/aromatic N) is 6. The van der Waals surface area contributed by atoms with Gasteiger partial charge in [-0.05, 0) is 118 Å². The molecule has 6 atom stereocenters. The first kappa shape index (κ1) is 82.1. The van der Waals surface area contributed by atoms with Gasteiger partial charge in [-0.1, -0.05) is 91.2 Å². The maximum Gasteiger partial charge on any atom is 0.349 e. The molecule has 0 fully saturated rings. The van der Waals surface area contributed by atoms with E-state index in [0.29, 0.717) is 64.7 Å². The van der Waals surface area contributed by atoms with Gasteiger partial charge >= 0.3 is 5.97 Å². The third kappa shape index (κ3) is 30.8. The minimum Gasteiger partial charge on any atom is -0.502 e. The van der Waals surface area contributed by atoms with Crippen molar-refractivity contribution in [1.29, 1.82) is 0 Å². The molecule has 0 spiro atoms. The van der Waals surface area contributed by atoms with Crippen molar-refractivity contribution in [3.05, 3.63) is 216 Å². The number of carbonyl (C=O) groups excluding carboxylic acids is 1. The van der Waals surface area contributed by atoms with E-state index in [4.69, 9.17) is 49.6 Å². The summed E-state index contributed by atoms with van der Waals surface area (Å²) in [5, 5.41) is 51.4. The molecule has 91 heavy (non-hydrogen) atoms. The van der Waals surface area contributed by atoms with Crippen LogP contribution in [0, 0.1) is 58.6 Å². The average Bonchev–Trinajstić information content (AvgIpc) is 1.17. The van der Waals surface area contributed by atoms with Gasteiger partial charge in [-0.2, -0.15) is 0 Å². The van der Waals surface area contributed by atoms with Crippen LogP contribution in [0.5, 0.6) is 34.5 Å². The Labute approximate surface area is 574 Å². The van der Waals surface area contributed by atoms with Gasteiger partial charge in [0.2, 0.25) is 0 Å². The van der Waals surface area contributed by atoms with Gasteiger partial charge in [-0.15, -0.1) is 59.7 Å². The Morgan fingerprint density at radius 3 is 1.36 bits per heavy atom. The van der Waals surface area contributed by atoms with Crippen molar-refractivity contribution in [2.45, 2.75) is 132 Å². The van der Waals surface area contributed by atoms with E-state index < -0.39 is 11.8 Å². The number of esters is 1. The summed E-state index contributed by atoms with van der Waals surface area (Å²) in [7, 11) is 1.31. The molecule has 9 aromatic rings. The van der Waals surface area contributed by atoms with Gasteiger partial charge in [0.05, 0.1) is 49.4 Å². The monoisotopic (exact) mass is 1780 g/mol. The maximum absolute atomic E-state index is 14.3. The number of hydrogen-bond donors (Lipinski definition) is 6. The number of hydrogen-bond acceptors (Lipinski definition) is 17. The first-order valence-corrected chi connectivity index (χ1v) is 28.5.